The number of thiazole rings is 1. The zero-order valence-corrected chi connectivity index (χ0v) is 18.0. The molecule has 6 nitrogen and oxygen atoms in total. The van der Waals surface area contributed by atoms with Gasteiger partial charge in [-0.15, -0.1) is 0 Å². The highest BCUT2D eigenvalue weighted by molar-refractivity contribution is 7.15. The molecule has 162 valence electrons. The van der Waals surface area contributed by atoms with Crippen LogP contribution < -0.4 is 20.4 Å². The van der Waals surface area contributed by atoms with E-state index in [-0.39, 0.29) is 28.5 Å². The molecule has 0 bridgehead atoms. The highest BCUT2D eigenvalue weighted by Crippen LogP contribution is 2.22. The Kier molecular flexibility index (Phi) is 5.50. The van der Waals surface area contributed by atoms with Gasteiger partial charge in [0.15, 0.2) is 0 Å². The zero-order valence-electron chi connectivity index (χ0n) is 17.1. The summed E-state index contributed by atoms with van der Waals surface area (Å²) in [5.74, 6) is 0.979. The number of aromatic nitrogens is 3. The summed E-state index contributed by atoms with van der Waals surface area (Å²) in [6.07, 6.45) is 1.87. The molecule has 8 heteroatoms. The van der Waals surface area contributed by atoms with Gasteiger partial charge in [0.05, 0.1) is 4.53 Å². The Labute approximate surface area is 190 Å². The zero-order chi connectivity index (χ0) is 22.8. The van der Waals surface area contributed by atoms with Gasteiger partial charge in [-0.3, -0.25) is 9.59 Å². The van der Waals surface area contributed by atoms with Gasteiger partial charge in [-0.1, -0.05) is 53.8 Å². The number of fused-ring (bicyclic) bond motifs is 1. The lowest BCUT2D eigenvalue weighted by atomic mass is 10.1. The van der Waals surface area contributed by atoms with Crippen molar-refractivity contribution < 1.29 is 9.13 Å². The lowest BCUT2D eigenvalue weighted by Gasteiger charge is -2.05. The van der Waals surface area contributed by atoms with Crippen molar-refractivity contribution in [3.8, 4) is 11.5 Å². The number of nitrogens with zero attached hydrogens (tertiary/aromatic N) is 3. The maximum absolute atomic E-state index is 13.1. The predicted octanol–water partition coefficient (Wildman–Crippen LogP) is 3.58. The van der Waals surface area contributed by atoms with E-state index in [9.17, 15) is 14.0 Å². The molecule has 0 fully saturated rings. The van der Waals surface area contributed by atoms with Gasteiger partial charge in [0, 0.05) is 6.42 Å². The van der Waals surface area contributed by atoms with Crippen LogP contribution in [-0.4, -0.2) is 14.6 Å². The second-order valence-electron chi connectivity index (χ2n) is 7.26. The second-order valence-corrected chi connectivity index (χ2v) is 8.27. The topological polar surface area (TPSA) is 73.6 Å². The van der Waals surface area contributed by atoms with Gasteiger partial charge in [-0.2, -0.15) is 14.6 Å². The first-order valence-electron chi connectivity index (χ1n) is 10.1. The Morgan fingerprint density at radius 3 is 2.48 bits per heavy atom. The first-order valence-corrected chi connectivity index (χ1v) is 10.9. The van der Waals surface area contributed by atoms with E-state index in [1.807, 2.05) is 54.6 Å². The molecule has 2 aromatic heterocycles. The van der Waals surface area contributed by atoms with E-state index in [2.05, 4.69) is 10.1 Å². The molecule has 2 heterocycles. The van der Waals surface area contributed by atoms with E-state index in [1.54, 1.807) is 18.2 Å². The molecule has 33 heavy (non-hydrogen) atoms. The minimum absolute atomic E-state index is 0.124. The smallest absolute Gasteiger partial charge is 0.296 e. The van der Waals surface area contributed by atoms with E-state index >= 15 is 0 Å². The van der Waals surface area contributed by atoms with Gasteiger partial charge in [0.2, 0.25) is 4.96 Å². The number of ether oxygens (including phenoxy) is 1. The molecule has 0 spiro atoms. The van der Waals surface area contributed by atoms with Crippen LogP contribution in [0.3, 0.4) is 0 Å². The molecule has 0 aliphatic carbocycles. The molecule has 5 rings (SSSR count). The van der Waals surface area contributed by atoms with Crippen molar-refractivity contribution in [1.82, 2.24) is 14.6 Å². The van der Waals surface area contributed by atoms with E-state index in [0.717, 1.165) is 21.4 Å². The fraction of sp³-hybridized carbons (Fsp3) is 0.0400. The SMILES string of the molecule is O=c1nc2sc(=Cc3cccc(Oc4ccccc4)c3)c(=O)n2nc1Cc1ccc(F)cc1. The summed E-state index contributed by atoms with van der Waals surface area (Å²) in [5, 5.41) is 4.23. The molecule has 0 N–H and O–H groups in total. The molecule has 0 aliphatic heterocycles. The summed E-state index contributed by atoms with van der Waals surface area (Å²) in [7, 11) is 0. The Bertz CT molecular complexity index is 1610. The minimum Gasteiger partial charge on any atom is -0.457 e. The predicted molar refractivity (Wildman–Crippen MR) is 124 cm³/mol. The largest absolute Gasteiger partial charge is 0.457 e. The normalized spacial score (nSPS) is 11.7. The molecule has 0 saturated carbocycles. The number of benzene rings is 3. The Hall–Kier alpha value is -4.17. The molecule has 3 aromatic carbocycles. The summed E-state index contributed by atoms with van der Waals surface area (Å²) in [6.45, 7) is 0. The molecular formula is C25H16FN3O3S. The Morgan fingerprint density at radius 1 is 0.939 bits per heavy atom. The maximum atomic E-state index is 13.1. The minimum atomic E-state index is -0.509. The number of rotatable bonds is 5. The van der Waals surface area contributed by atoms with E-state index < -0.39 is 5.56 Å². The van der Waals surface area contributed by atoms with Crippen molar-refractivity contribution >= 4 is 22.4 Å². The van der Waals surface area contributed by atoms with Gasteiger partial charge in [-0.05, 0) is 53.6 Å². The van der Waals surface area contributed by atoms with Gasteiger partial charge in [0.25, 0.3) is 11.1 Å². The highest BCUT2D eigenvalue weighted by Gasteiger charge is 2.12. The lowest BCUT2D eigenvalue weighted by Crippen LogP contribution is -2.28. The van der Waals surface area contributed by atoms with Crippen molar-refractivity contribution in [1.29, 1.82) is 0 Å². The monoisotopic (exact) mass is 457 g/mol. The van der Waals surface area contributed by atoms with E-state index in [1.165, 1.54) is 12.1 Å². The second kappa shape index (κ2) is 8.76. The van der Waals surface area contributed by atoms with E-state index in [0.29, 0.717) is 21.6 Å². The van der Waals surface area contributed by atoms with Crippen LogP contribution in [0.4, 0.5) is 4.39 Å². The van der Waals surface area contributed by atoms with Crippen molar-refractivity contribution in [3.63, 3.8) is 0 Å². The maximum Gasteiger partial charge on any atom is 0.296 e. The van der Waals surface area contributed by atoms with Crippen LogP contribution in [0.5, 0.6) is 11.5 Å². The van der Waals surface area contributed by atoms with E-state index in [4.69, 9.17) is 4.74 Å². The van der Waals surface area contributed by atoms with Crippen LogP contribution in [0.2, 0.25) is 0 Å². The number of hydrogen-bond donors (Lipinski definition) is 0. The third-order valence-corrected chi connectivity index (χ3v) is 5.83. The summed E-state index contributed by atoms with van der Waals surface area (Å²) in [6, 6.07) is 22.5. The van der Waals surface area contributed by atoms with Gasteiger partial charge < -0.3 is 4.74 Å². The number of halogens is 1. The Morgan fingerprint density at radius 2 is 1.70 bits per heavy atom. The van der Waals surface area contributed by atoms with Crippen molar-refractivity contribution in [2.45, 2.75) is 6.42 Å². The van der Waals surface area contributed by atoms with Crippen LogP contribution >= 0.6 is 11.3 Å². The third-order valence-electron chi connectivity index (χ3n) is 4.87. The average Bonchev–Trinajstić information content (AvgIpc) is 3.10. The molecule has 0 aliphatic rings. The summed E-state index contributed by atoms with van der Waals surface area (Å²) >= 11 is 1.09. The molecular weight excluding hydrogens is 441 g/mol. The van der Waals surface area contributed by atoms with Gasteiger partial charge in [-0.25, -0.2) is 4.39 Å². The summed E-state index contributed by atoms with van der Waals surface area (Å²) in [5.41, 5.74) is 0.718. The van der Waals surface area contributed by atoms with Crippen LogP contribution in [0.1, 0.15) is 16.8 Å². The van der Waals surface area contributed by atoms with Crippen LogP contribution in [0.25, 0.3) is 11.0 Å². The number of para-hydroxylation sites is 1. The molecule has 0 atom stereocenters. The standard InChI is InChI=1S/C25H16FN3O3S/c26-18-11-9-16(10-12-18)14-21-23(30)27-25-29(28-21)24(31)22(33-25)15-17-5-4-8-20(13-17)32-19-6-2-1-3-7-19/h1-13,15H,14H2. The third kappa shape index (κ3) is 4.56. The Balaban J connectivity index is 1.49. The van der Waals surface area contributed by atoms with Gasteiger partial charge >= 0.3 is 0 Å². The fourth-order valence-electron chi connectivity index (χ4n) is 3.29. The molecule has 0 radical (unpaired) electrons. The first-order chi connectivity index (χ1) is 16.0. The van der Waals surface area contributed by atoms with Crippen LogP contribution in [0, 0.1) is 5.82 Å². The van der Waals surface area contributed by atoms with Crippen molar-refractivity contribution in [3.05, 3.63) is 127 Å². The quantitative estimate of drug-likeness (QED) is 0.403. The first kappa shape index (κ1) is 20.7. The van der Waals surface area contributed by atoms with Crippen molar-refractivity contribution in [2.24, 2.45) is 0 Å². The van der Waals surface area contributed by atoms with Crippen LogP contribution in [-0.2, 0) is 6.42 Å². The lowest BCUT2D eigenvalue weighted by molar-refractivity contribution is 0.482. The number of hydrogen-bond acceptors (Lipinski definition) is 6. The summed E-state index contributed by atoms with van der Waals surface area (Å²) < 4.78 is 20.5. The summed E-state index contributed by atoms with van der Waals surface area (Å²) in [4.78, 5) is 29.6. The molecule has 5 aromatic rings. The van der Waals surface area contributed by atoms with Crippen LogP contribution in [0.15, 0.2) is 88.5 Å². The molecule has 0 saturated heterocycles. The molecule has 0 unspecified atom stereocenters. The molecule has 0 amide bonds. The highest BCUT2D eigenvalue weighted by atomic mass is 32.1. The van der Waals surface area contributed by atoms with Gasteiger partial charge in [0.1, 0.15) is 23.0 Å². The fourth-order valence-corrected chi connectivity index (χ4v) is 4.20. The van der Waals surface area contributed by atoms with Crippen molar-refractivity contribution in [2.75, 3.05) is 0 Å². The average molecular weight is 457 g/mol.